The second-order valence-electron chi connectivity index (χ2n) is 3.30. The number of hydrogen-bond acceptors (Lipinski definition) is 2. The van der Waals surface area contributed by atoms with E-state index in [1.54, 1.807) is 0 Å². The van der Waals surface area contributed by atoms with Gasteiger partial charge in [0, 0.05) is 26.0 Å². The van der Waals surface area contributed by atoms with E-state index >= 15 is 0 Å². The average Bonchev–Trinajstić information content (AvgIpc) is 2.72. The highest BCUT2D eigenvalue weighted by atomic mass is 127. The van der Waals surface area contributed by atoms with Gasteiger partial charge in [0.05, 0.1) is 10.7 Å². The van der Waals surface area contributed by atoms with Gasteiger partial charge in [-0.2, -0.15) is 10.2 Å². The predicted octanol–water partition coefficient (Wildman–Crippen LogP) is 2.23. The SMILES string of the molecule is Cn1cc(CCn2cc(Br)c(I)n2)cn1. The number of aromatic nitrogens is 4. The molecule has 0 aliphatic rings. The quantitative estimate of drug-likeness (QED) is 0.765. The molecule has 6 heteroatoms. The molecule has 2 heterocycles. The number of hydrogen-bond donors (Lipinski definition) is 0. The monoisotopic (exact) mass is 380 g/mol. The Morgan fingerprint density at radius 3 is 2.80 bits per heavy atom. The molecule has 0 aromatic carbocycles. The van der Waals surface area contributed by atoms with Gasteiger partial charge in [0.25, 0.3) is 0 Å². The summed E-state index contributed by atoms with van der Waals surface area (Å²) in [5, 5.41) is 8.49. The average molecular weight is 381 g/mol. The number of nitrogens with zero attached hydrogens (tertiary/aromatic N) is 4. The van der Waals surface area contributed by atoms with Gasteiger partial charge in [0.1, 0.15) is 3.70 Å². The van der Waals surface area contributed by atoms with Crippen LogP contribution >= 0.6 is 38.5 Å². The lowest BCUT2D eigenvalue weighted by atomic mass is 10.2. The van der Waals surface area contributed by atoms with Gasteiger partial charge in [0.15, 0.2) is 0 Å². The molecule has 0 saturated carbocycles. The molecule has 0 amide bonds. The first kappa shape index (κ1) is 11.1. The van der Waals surface area contributed by atoms with Crippen molar-refractivity contribution >= 4 is 38.5 Å². The zero-order chi connectivity index (χ0) is 10.8. The largest absolute Gasteiger partial charge is 0.276 e. The van der Waals surface area contributed by atoms with Gasteiger partial charge in [-0.25, -0.2) is 0 Å². The first-order valence-corrected chi connectivity index (χ1v) is 6.38. The second-order valence-corrected chi connectivity index (χ2v) is 5.18. The summed E-state index contributed by atoms with van der Waals surface area (Å²) in [6.07, 6.45) is 6.88. The lowest BCUT2D eigenvalue weighted by molar-refractivity contribution is 0.610. The minimum Gasteiger partial charge on any atom is -0.276 e. The molecule has 2 aromatic rings. The van der Waals surface area contributed by atoms with Crippen molar-refractivity contribution in [3.8, 4) is 0 Å². The Morgan fingerprint density at radius 2 is 2.27 bits per heavy atom. The molecule has 0 spiro atoms. The van der Waals surface area contributed by atoms with Crippen LogP contribution in [0.4, 0.5) is 0 Å². The molecule has 15 heavy (non-hydrogen) atoms. The third-order valence-electron chi connectivity index (χ3n) is 2.06. The first-order chi connectivity index (χ1) is 7.15. The van der Waals surface area contributed by atoms with Gasteiger partial charge in [-0.05, 0) is 50.5 Å². The van der Waals surface area contributed by atoms with Crippen molar-refractivity contribution in [3.63, 3.8) is 0 Å². The van der Waals surface area contributed by atoms with Crippen LogP contribution in [-0.2, 0) is 20.0 Å². The van der Waals surface area contributed by atoms with E-state index in [1.165, 1.54) is 5.56 Å². The Hall–Kier alpha value is -0.370. The van der Waals surface area contributed by atoms with E-state index in [1.807, 2.05) is 35.0 Å². The molecule has 0 radical (unpaired) electrons. The Kier molecular flexibility index (Phi) is 3.45. The number of halogens is 2. The summed E-state index contributed by atoms with van der Waals surface area (Å²) in [6, 6.07) is 0. The molecule has 0 aliphatic carbocycles. The molecule has 0 N–H and O–H groups in total. The van der Waals surface area contributed by atoms with Gasteiger partial charge >= 0.3 is 0 Å². The zero-order valence-corrected chi connectivity index (χ0v) is 11.9. The number of rotatable bonds is 3. The maximum atomic E-state index is 4.36. The molecular formula is C9H10BrIN4. The van der Waals surface area contributed by atoms with Crippen LogP contribution in [0.3, 0.4) is 0 Å². The van der Waals surface area contributed by atoms with Crippen LogP contribution in [0.15, 0.2) is 23.1 Å². The highest BCUT2D eigenvalue weighted by molar-refractivity contribution is 14.1. The summed E-state index contributed by atoms with van der Waals surface area (Å²) >= 11 is 5.65. The van der Waals surface area contributed by atoms with Crippen molar-refractivity contribution < 1.29 is 0 Å². The van der Waals surface area contributed by atoms with E-state index in [-0.39, 0.29) is 0 Å². The molecular weight excluding hydrogens is 371 g/mol. The van der Waals surface area contributed by atoms with Crippen molar-refractivity contribution in [2.45, 2.75) is 13.0 Å². The Balaban J connectivity index is 1.99. The van der Waals surface area contributed by atoms with E-state index in [9.17, 15) is 0 Å². The smallest absolute Gasteiger partial charge is 0.137 e. The Morgan fingerprint density at radius 1 is 1.47 bits per heavy atom. The summed E-state index contributed by atoms with van der Waals surface area (Å²) in [4.78, 5) is 0. The summed E-state index contributed by atoms with van der Waals surface area (Å²) < 4.78 is 5.81. The lowest BCUT2D eigenvalue weighted by Gasteiger charge is -1.97. The normalized spacial score (nSPS) is 10.9. The van der Waals surface area contributed by atoms with Crippen LogP contribution in [0.5, 0.6) is 0 Å². The van der Waals surface area contributed by atoms with Gasteiger partial charge in [-0.3, -0.25) is 9.36 Å². The molecule has 4 nitrogen and oxygen atoms in total. The Labute approximate surface area is 110 Å². The molecule has 0 bridgehead atoms. The maximum Gasteiger partial charge on any atom is 0.137 e. The summed E-state index contributed by atoms with van der Waals surface area (Å²) in [6.45, 7) is 0.882. The van der Waals surface area contributed by atoms with E-state index in [0.29, 0.717) is 0 Å². The zero-order valence-electron chi connectivity index (χ0n) is 8.19. The molecule has 80 valence electrons. The van der Waals surface area contributed by atoms with Crippen molar-refractivity contribution in [3.05, 3.63) is 32.3 Å². The molecule has 0 fully saturated rings. The van der Waals surface area contributed by atoms with Crippen LogP contribution in [0, 0.1) is 3.70 Å². The fourth-order valence-corrected chi connectivity index (χ4v) is 2.06. The van der Waals surface area contributed by atoms with Crippen molar-refractivity contribution in [1.82, 2.24) is 19.6 Å². The summed E-state index contributed by atoms with van der Waals surface area (Å²) in [7, 11) is 1.93. The highest BCUT2D eigenvalue weighted by Gasteiger charge is 2.03. The molecule has 0 aliphatic heterocycles. The third kappa shape index (κ3) is 2.81. The molecule has 2 rings (SSSR count). The minimum absolute atomic E-state index is 0.882. The predicted molar refractivity (Wildman–Crippen MR) is 69.6 cm³/mol. The van der Waals surface area contributed by atoms with E-state index in [4.69, 9.17) is 0 Å². The fraction of sp³-hybridized carbons (Fsp3) is 0.333. The summed E-state index contributed by atoms with van der Waals surface area (Å²) in [5.74, 6) is 0. The van der Waals surface area contributed by atoms with E-state index < -0.39 is 0 Å². The molecule has 2 aromatic heterocycles. The van der Waals surface area contributed by atoms with E-state index in [2.05, 4.69) is 48.7 Å². The van der Waals surface area contributed by atoms with Crippen LogP contribution in [0.25, 0.3) is 0 Å². The molecule has 0 atom stereocenters. The van der Waals surface area contributed by atoms with Crippen LogP contribution < -0.4 is 0 Å². The second kappa shape index (κ2) is 4.65. The highest BCUT2D eigenvalue weighted by Crippen LogP contribution is 2.16. The van der Waals surface area contributed by atoms with Crippen LogP contribution in [0.1, 0.15) is 5.56 Å². The van der Waals surface area contributed by atoms with Crippen molar-refractivity contribution in [2.75, 3.05) is 0 Å². The number of aryl methyl sites for hydroxylation is 3. The topological polar surface area (TPSA) is 35.6 Å². The Bertz CT molecular complexity index is 443. The third-order valence-corrected chi connectivity index (χ3v) is 4.18. The lowest BCUT2D eigenvalue weighted by Crippen LogP contribution is -2.01. The van der Waals surface area contributed by atoms with Gasteiger partial charge in [-0.1, -0.05) is 0 Å². The van der Waals surface area contributed by atoms with Crippen molar-refractivity contribution in [2.24, 2.45) is 7.05 Å². The molecule has 0 unspecified atom stereocenters. The van der Waals surface area contributed by atoms with E-state index in [0.717, 1.165) is 21.1 Å². The first-order valence-electron chi connectivity index (χ1n) is 4.51. The van der Waals surface area contributed by atoms with Crippen LogP contribution in [0.2, 0.25) is 0 Å². The van der Waals surface area contributed by atoms with Crippen LogP contribution in [-0.4, -0.2) is 19.6 Å². The summed E-state index contributed by atoms with van der Waals surface area (Å²) in [5.41, 5.74) is 1.24. The van der Waals surface area contributed by atoms with Gasteiger partial charge in [0.2, 0.25) is 0 Å². The standard InChI is InChI=1S/C9H10BrIN4/c1-14-5-7(4-12-14)2-3-15-6-8(10)9(11)13-15/h4-6H,2-3H2,1H3. The molecule has 0 saturated heterocycles. The van der Waals surface area contributed by atoms with Gasteiger partial charge in [-0.15, -0.1) is 0 Å². The fourth-order valence-electron chi connectivity index (χ4n) is 1.33. The van der Waals surface area contributed by atoms with Gasteiger partial charge < -0.3 is 0 Å². The minimum atomic E-state index is 0.882. The van der Waals surface area contributed by atoms with Crippen molar-refractivity contribution in [1.29, 1.82) is 0 Å². The maximum absolute atomic E-state index is 4.36.